The fraction of sp³-hybridized carbons (Fsp3) is 0.900. The fourth-order valence-electron chi connectivity index (χ4n) is 1.73. The Morgan fingerprint density at radius 3 is 2.60 bits per heavy atom. The topological polar surface area (TPSA) is 76.0 Å². The predicted octanol–water partition coefficient (Wildman–Crippen LogP) is 0.610. The van der Waals surface area contributed by atoms with Crippen LogP contribution >= 0.6 is 0 Å². The molecule has 0 aromatic heterocycles. The van der Waals surface area contributed by atoms with E-state index in [9.17, 15) is 4.79 Å². The number of aliphatic carboxylic acids is 1. The quantitative estimate of drug-likeness (QED) is 0.725. The van der Waals surface area contributed by atoms with Crippen molar-refractivity contribution in [2.75, 3.05) is 6.61 Å². The van der Waals surface area contributed by atoms with E-state index < -0.39 is 23.8 Å². The SMILES string of the molecule is CC(C(=O)O)[C@H]1C[C@@H](CO)OC(C)(C)O1. The largest absolute Gasteiger partial charge is 0.481 e. The van der Waals surface area contributed by atoms with Crippen molar-refractivity contribution in [2.24, 2.45) is 5.92 Å². The smallest absolute Gasteiger partial charge is 0.308 e. The summed E-state index contributed by atoms with van der Waals surface area (Å²) in [6, 6.07) is 0. The van der Waals surface area contributed by atoms with Gasteiger partial charge in [-0.3, -0.25) is 4.79 Å². The molecular weight excluding hydrogens is 200 g/mol. The van der Waals surface area contributed by atoms with Gasteiger partial charge in [0, 0.05) is 6.42 Å². The number of aliphatic hydroxyl groups is 1. The lowest BCUT2D eigenvalue weighted by Crippen LogP contribution is -2.49. The molecule has 1 unspecified atom stereocenters. The van der Waals surface area contributed by atoms with Gasteiger partial charge in [0.15, 0.2) is 5.79 Å². The van der Waals surface area contributed by atoms with Crippen LogP contribution in [-0.2, 0) is 14.3 Å². The molecule has 0 bridgehead atoms. The highest BCUT2D eigenvalue weighted by atomic mass is 16.7. The minimum atomic E-state index is -0.894. The Balaban J connectivity index is 2.69. The first-order valence-corrected chi connectivity index (χ1v) is 5.05. The lowest BCUT2D eigenvalue weighted by atomic mass is 9.97. The van der Waals surface area contributed by atoms with E-state index in [4.69, 9.17) is 19.7 Å². The summed E-state index contributed by atoms with van der Waals surface area (Å²) >= 11 is 0. The molecule has 1 heterocycles. The van der Waals surface area contributed by atoms with Gasteiger partial charge in [-0.2, -0.15) is 0 Å². The molecule has 0 saturated carbocycles. The van der Waals surface area contributed by atoms with E-state index in [1.54, 1.807) is 20.8 Å². The highest BCUT2D eigenvalue weighted by molar-refractivity contribution is 5.70. The number of aliphatic hydroxyl groups excluding tert-OH is 1. The summed E-state index contributed by atoms with van der Waals surface area (Å²) in [5.41, 5.74) is 0. The molecule has 1 fully saturated rings. The predicted molar refractivity (Wildman–Crippen MR) is 52.3 cm³/mol. The van der Waals surface area contributed by atoms with Gasteiger partial charge in [0.25, 0.3) is 0 Å². The molecule has 3 atom stereocenters. The van der Waals surface area contributed by atoms with Gasteiger partial charge in [0.2, 0.25) is 0 Å². The number of hydrogen-bond acceptors (Lipinski definition) is 4. The molecule has 0 aromatic rings. The molecule has 2 N–H and O–H groups in total. The van der Waals surface area contributed by atoms with Crippen molar-refractivity contribution >= 4 is 5.97 Å². The van der Waals surface area contributed by atoms with Crippen molar-refractivity contribution in [1.82, 2.24) is 0 Å². The average molecular weight is 218 g/mol. The van der Waals surface area contributed by atoms with Crippen LogP contribution in [0.25, 0.3) is 0 Å². The van der Waals surface area contributed by atoms with Crippen LogP contribution in [0.15, 0.2) is 0 Å². The Kier molecular flexibility index (Phi) is 3.70. The van der Waals surface area contributed by atoms with E-state index in [2.05, 4.69) is 0 Å². The van der Waals surface area contributed by atoms with Crippen LogP contribution in [0.2, 0.25) is 0 Å². The van der Waals surface area contributed by atoms with Gasteiger partial charge in [-0.1, -0.05) is 0 Å². The first-order valence-electron chi connectivity index (χ1n) is 5.05. The second-order valence-electron chi connectivity index (χ2n) is 4.34. The van der Waals surface area contributed by atoms with Crippen LogP contribution in [0, 0.1) is 5.92 Å². The third-order valence-electron chi connectivity index (χ3n) is 2.53. The number of carbonyl (C=O) groups is 1. The zero-order valence-corrected chi connectivity index (χ0v) is 9.27. The average Bonchev–Trinajstić information content (AvgIpc) is 2.13. The Bertz CT molecular complexity index is 238. The molecule has 1 saturated heterocycles. The van der Waals surface area contributed by atoms with Gasteiger partial charge in [-0.25, -0.2) is 0 Å². The zero-order chi connectivity index (χ0) is 11.6. The van der Waals surface area contributed by atoms with Gasteiger partial charge < -0.3 is 19.7 Å². The number of carboxylic acids is 1. The van der Waals surface area contributed by atoms with Gasteiger partial charge in [0.1, 0.15) is 0 Å². The highest BCUT2D eigenvalue weighted by Crippen LogP contribution is 2.30. The van der Waals surface area contributed by atoms with E-state index in [-0.39, 0.29) is 12.7 Å². The lowest BCUT2D eigenvalue weighted by molar-refractivity contribution is -0.310. The number of hydrogen-bond donors (Lipinski definition) is 2. The van der Waals surface area contributed by atoms with Gasteiger partial charge in [-0.05, 0) is 20.8 Å². The van der Waals surface area contributed by atoms with Crippen molar-refractivity contribution < 1.29 is 24.5 Å². The second kappa shape index (κ2) is 4.47. The first-order chi connectivity index (χ1) is 6.85. The minimum Gasteiger partial charge on any atom is -0.481 e. The molecule has 88 valence electrons. The maximum absolute atomic E-state index is 10.8. The molecule has 1 aliphatic heterocycles. The normalized spacial score (nSPS) is 32.3. The van der Waals surface area contributed by atoms with Crippen LogP contribution in [0.4, 0.5) is 0 Å². The van der Waals surface area contributed by atoms with E-state index >= 15 is 0 Å². The summed E-state index contributed by atoms with van der Waals surface area (Å²) in [5.74, 6) is -2.32. The molecule has 0 radical (unpaired) electrons. The second-order valence-corrected chi connectivity index (χ2v) is 4.34. The van der Waals surface area contributed by atoms with Crippen LogP contribution < -0.4 is 0 Å². The van der Waals surface area contributed by atoms with Gasteiger partial charge in [0.05, 0.1) is 24.7 Å². The van der Waals surface area contributed by atoms with Crippen molar-refractivity contribution in [3.05, 3.63) is 0 Å². The molecule has 5 heteroatoms. The van der Waals surface area contributed by atoms with Crippen LogP contribution in [0.1, 0.15) is 27.2 Å². The van der Waals surface area contributed by atoms with Crippen molar-refractivity contribution in [2.45, 2.75) is 45.2 Å². The maximum atomic E-state index is 10.8. The van der Waals surface area contributed by atoms with Gasteiger partial charge >= 0.3 is 5.97 Å². The molecule has 0 spiro atoms. The van der Waals surface area contributed by atoms with Crippen molar-refractivity contribution in [1.29, 1.82) is 0 Å². The maximum Gasteiger partial charge on any atom is 0.308 e. The Morgan fingerprint density at radius 2 is 2.13 bits per heavy atom. The van der Waals surface area contributed by atoms with Crippen LogP contribution in [0.5, 0.6) is 0 Å². The highest BCUT2D eigenvalue weighted by Gasteiger charge is 2.39. The first kappa shape index (κ1) is 12.4. The monoisotopic (exact) mass is 218 g/mol. The van der Waals surface area contributed by atoms with Crippen LogP contribution in [0.3, 0.4) is 0 Å². The standard InChI is InChI=1S/C10H18O5/c1-6(9(12)13)8-4-7(5-11)14-10(2,3)15-8/h6-8,11H,4-5H2,1-3H3,(H,12,13)/t6?,7-,8+/m0/s1. The summed E-state index contributed by atoms with van der Waals surface area (Å²) in [5, 5.41) is 17.9. The lowest BCUT2D eigenvalue weighted by Gasteiger charge is -2.41. The third kappa shape index (κ3) is 3.15. The van der Waals surface area contributed by atoms with E-state index in [1.165, 1.54) is 0 Å². The summed E-state index contributed by atoms with van der Waals surface area (Å²) in [4.78, 5) is 10.8. The Hall–Kier alpha value is -0.650. The van der Waals surface area contributed by atoms with E-state index in [1.807, 2.05) is 0 Å². The Morgan fingerprint density at radius 1 is 1.53 bits per heavy atom. The molecule has 0 aliphatic carbocycles. The zero-order valence-electron chi connectivity index (χ0n) is 9.27. The summed E-state index contributed by atoms with van der Waals surface area (Å²) in [6.07, 6.45) is -0.350. The molecule has 1 aliphatic rings. The minimum absolute atomic E-state index is 0.115. The molecule has 1 rings (SSSR count). The van der Waals surface area contributed by atoms with E-state index in [0.717, 1.165) is 0 Å². The molecule has 0 amide bonds. The molecule has 15 heavy (non-hydrogen) atoms. The Labute approximate surface area is 89.0 Å². The number of carboxylic acid groups (broad SMARTS) is 1. The summed E-state index contributed by atoms with van der Waals surface area (Å²) in [7, 11) is 0. The van der Waals surface area contributed by atoms with Crippen molar-refractivity contribution in [3.8, 4) is 0 Å². The number of ether oxygens (including phenoxy) is 2. The molecular formula is C10H18O5. The summed E-state index contributed by atoms with van der Waals surface area (Å²) in [6.45, 7) is 4.92. The molecule has 5 nitrogen and oxygen atoms in total. The summed E-state index contributed by atoms with van der Waals surface area (Å²) < 4.78 is 10.9. The third-order valence-corrected chi connectivity index (χ3v) is 2.53. The molecule has 0 aromatic carbocycles. The van der Waals surface area contributed by atoms with Gasteiger partial charge in [-0.15, -0.1) is 0 Å². The van der Waals surface area contributed by atoms with Crippen molar-refractivity contribution in [3.63, 3.8) is 0 Å². The van der Waals surface area contributed by atoms with E-state index in [0.29, 0.717) is 6.42 Å². The van der Waals surface area contributed by atoms with Crippen LogP contribution in [-0.4, -0.2) is 40.8 Å². The fourth-order valence-corrected chi connectivity index (χ4v) is 1.73. The number of rotatable bonds is 3.